The molecule has 3 heterocycles. The minimum absolute atomic E-state index is 0.0453. The number of thioether (sulfide) groups is 1. The molecule has 0 bridgehead atoms. The van der Waals surface area contributed by atoms with Crippen molar-refractivity contribution in [1.82, 2.24) is 14.5 Å². The smallest absolute Gasteiger partial charge is 0.257 e. The molecule has 1 amide bonds. The Balaban J connectivity index is 1.52. The first-order valence-corrected chi connectivity index (χ1v) is 9.69. The van der Waals surface area contributed by atoms with Gasteiger partial charge in [0, 0.05) is 37.1 Å². The molecule has 4 rings (SSSR count). The number of aromatic nitrogens is 2. The highest BCUT2D eigenvalue weighted by molar-refractivity contribution is 7.99. The Morgan fingerprint density at radius 2 is 2.19 bits per heavy atom. The van der Waals surface area contributed by atoms with E-state index in [2.05, 4.69) is 11.1 Å². The highest BCUT2D eigenvalue weighted by atomic mass is 32.2. The molecule has 2 aliphatic rings. The third-order valence-corrected chi connectivity index (χ3v) is 6.24. The number of benzene rings is 1. The minimum atomic E-state index is -0.186. The number of rotatable bonds is 2. The number of nitrogens with zero attached hydrogens (tertiary/aromatic N) is 3. The van der Waals surface area contributed by atoms with Crippen LogP contribution in [0.1, 0.15) is 16.7 Å². The largest absolute Gasteiger partial charge is 0.497 e. The predicted molar refractivity (Wildman–Crippen MR) is 99.6 cm³/mol. The molecule has 7 heteroatoms. The van der Waals surface area contributed by atoms with E-state index in [4.69, 9.17) is 4.74 Å². The normalized spacial score (nSPS) is 18.8. The highest BCUT2D eigenvalue weighted by Gasteiger charge is 2.31. The van der Waals surface area contributed by atoms with E-state index in [1.165, 1.54) is 22.9 Å². The zero-order chi connectivity index (χ0) is 18.3. The van der Waals surface area contributed by atoms with Crippen molar-refractivity contribution in [2.24, 2.45) is 5.92 Å². The van der Waals surface area contributed by atoms with Crippen LogP contribution in [0, 0.1) is 12.8 Å². The summed E-state index contributed by atoms with van der Waals surface area (Å²) in [7, 11) is 1.66. The molecule has 0 radical (unpaired) electrons. The van der Waals surface area contributed by atoms with Gasteiger partial charge < -0.3 is 9.64 Å². The van der Waals surface area contributed by atoms with Crippen LogP contribution < -0.4 is 10.3 Å². The third-order valence-electron chi connectivity index (χ3n) is 5.09. The lowest BCUT2D eigenvalue weighted by molar-refractivity contribution is -0.136. The van der Waals surface area contributed by atoms with Crippen LogP contribution in [0.15, 0.2) is 34.3 Å². The molecule has 0 unspecified atom stereocenters. The van der Waals surface area contributed by atoms with E-state index < -0.39 is 0 Å². The van der Waals surface area contributed by atoms with E-state index in [0.717, 1.165) is 12.2 Å². The average Bonchev–Trinajstić information content (AvgIpc) is 2.69. The van der Waals surface area contributed by atoms with Crippen molar-refractivity contribution in [1.29, 1.82) is 0 Å². The zero-order valence-corrected chi connectivity index (χ0v) is 15.7. The van der Waals surface area contributed by atoms with E-state index in [1.807, 2.05) is 17.0 Å². The molecule has 2 aromatic rings. The van der Waals surface area contributed by atoms with Crippen molar-refractivity contribution in [3.05, 3.63) is 51.4 Å². The highest BCUT2D eigenvalue weighted by Crippen LogP contribution is 2.29. The molecule has 1 aromatic heterocycles. The van der Waals surface area contributed by atoms with Gasteiger partial charge in [-0.05, 0) is 36.6 Å². The second-order valence-corrected chi connectivity index (χ2v) is 7.78. The number of aryl methyl sites for hydroxylation is 1. The van der Waals surface area contributed by atoms with Gasteiger partial charge in [0.15, 0.2) is 5.16 Å². The molecule has 0 saturated carbocycles. The summed E-state index contributed by atoms with van der Waals surface area (Å²) in [6.07, 6.45) is 2.44. The number of hydrogen-bond donors (Lipinski definition) is 0. The van der Waals surface area contributed by atoms with Crippen LogP contribution in [0.4, 0.5) is 0 Å². The molecule has 0 saturated heterocycles. The fourth-order valence-electron chi connectivity index (χ4n) is 3.55. The van der Waals surface area contributed by atoms with Crippen LogP contribution in [-0.4, -0.2) is 39.8 Å². The molecule has 26 heavy (non-hydrogen) atoms. The van der Waals surface area contributed by atoms with Crippen LogP contribution >= 0.6 is 11.8 Å². The quantitative estimate of drug-likeness (QED) is 0.754. The first-order chi connectivity index (χ1) is 12.6. The summed E-state index contributed by atoms with van der Waals surface area (Å²) in [6.45, 7) is 3.50. The maximum Gasteiger partial charge on any atom is 0.257 e. The van der Waals surface area contributed by atoms with Gasteiger partial charge in [-0.25, -0.2) is 4.98 Å². The van der Waals surface area contributed by atoms with E-state index >= 15 is 0 Å². The summed E-state index contributed by atoms with van der Waals surface area (Å²) in [5.41, 5.74) is 2.98. The lowest BCUT2D eigenvalue weighted by Gasteiger charge is -2.33. The summed E-state index contributed by atoms with van der Waals surface area (Å²) >= 11 is 1.49. The minimum Gasteiger partial charge on any atom is -0.497 e. The number of amides is 1. The Hall–Kier alpha value is -2.28. The van der Waals surface area contributed by atoms with E-state index in [-0.39, 0.29) is 17.4 Å². The number of ether oxygens (including phenoxy) is 1. The Kier molecular flexibility index (Phi) is 4.48. The molecular weight excluding hydrogens is 350 g/mol. The number of methoxy groups -OCH3 is 1. The van der Waals surface area contributed by atoms with Gasteiger partial charge in [0.2, 0.25) is 5.91 Å². The molecule has 0 fully saturated rings. The second-order valence-electron chi connectivity index (χ2n) is 6.79. The summed E-state index contributed by atoms with van der Waals surface area (Å²) in [5.74, 6) is 1.46. The van der Waals surface area contributed by atoms with Crippen molar-refractivity contribution in [3.63, 3.8) is 0 Å². The molecule has 6 nitrogen and oxygen atoms in total. The van der Waals surface area contributed by atoms with Crippen molar-refractivity contribution in [2.45, 2.75) is 31.6 Å². The molecule has 2 aliphatic heterocycles. The molecule has 0 spiro atoms. The number of carbonyl (C=O) groups is 1. The van der Waals surface area contributed by atoms with Crippen molar-refractivity contribution >= 4 is 17.7 Å². The topological polar surface area (TPSA) is 64.4 Å². The van der Waals surface area contributed by atoms with Crippen LogP contribution in [0.3, 0.4) is 0 Å². The number of carbonyl (C=O) groups excluding carboxylic acids is 1. The Morgan fingerprint density at radius 3 is 3.00 bits per heavy atom. The monoisotopic (exact) mass is 371 g/mol. The molecule has 136 valence electrons. The van der Waals surface area contributed by atoms with E-state index in [1.54, 1.807) is 24.8 Å². The van der Waals surface area contributed by atoms with Gasteiger partial charge in [-0.15, -0.1) is 0 Å². The van der Waals surface area contributed by atoms with Gasteiger partial charge in [-0.1, -0.05) is 17.8 Å². The molecular formula is C19H21N3O3S. The lowest BCUT2D eigenvalue weighted by atomic mass is 9.98. The standard InChI is InChI=1S/C19H21N3O3S/c1-12-8-20-19-22(17(12)23)10-15(11-26-19)18(24)21-6-5-13-7-16(25-2)4-3-14(13)9-21/h3-4,7-8,15H,5-6,9-11H2,1-2H3/t15-/m1/s1. The van der Waals surface area contributed by atoms with Crippen LogP contribution in [-0.2, 0) is 24.3 Å². The maximum absolute atomic E-state index is 13.0. The molecule has 0 N–H and O–H groups in total. The van der Waals surface area contributed by atoms with Gasteiger partial charge in [-0.3, -0.25) is 14.2 Å². The van der Waals surface area contributed by atoms with Gasteiger partial charge in [0.05, 0.1) is 13.0 Å². The Morgan fingerprint density at radius 1 is 1.35 bits per heavy atom. The molecule has 0 aliphatic carbocycles. The zero-order valence-electron chi connectivity index (χ0n) is 14.9. The predicted octanol–water partition coefficient (Wildman–Crippen LogP) is 1.87. The average molecular weight is 371 g/mol. The summed E-state index contributed by atoms with van der Waals surface area (Å²) in [4.78, 5) is 31.6. The SMILES string of the molecule is COc1ccc2c(c1)CCN(C(=O)[C@H]1CSc3ncc(C)c(=O)n3C1)C2. The number of hydrogen-bond acceptors (Lipinski definition) is 5. The summed E-state index contributed by atoms with van der Waals surface area (Å²) < 4.78 is 6.93. The third kappa shape index (κ3) is 3.00. The Bertz CT molecular complexity index is 925. The molecule has 1 atom stereocenters. The summed E-state index contributed by atoms with van der Waals surface area (Å²) in [5, 5.41) is 0.709. The Labute approximate surface area is 156 Å². The maximum atomic E-state index is 13.0. The van der Waals surface area contributed by atoms with Crippen molar-refractivity contribution in [2.75, 3.05) is 19.4 Å². The van der Waals surface area contributed by atoms with Crippen molar-refractivity contribution in [3.8, 4) is 5.75 Å². The van der Waals surface area contributed by atoms with Crippen LogP contribution in [0.25, 0.3) is 0 Å². The first-order valence-electron chi connectivity index (χ1n) is 8.70. The molecule has 1 aromatic carbocycles. The fraction of sp³-hybridized carbons (Fsp3) is 0.421. The van der Waals surface area contributed by atoms with Gasteiger partial charge >= 0.3 is 0 Å². The van der Waals surface area contributed by atoms with Crippen molar-refractivity contribution < 1.29 is 9.53 Å². The van der Waals surface area contributed by atoms with Gasteiger partial charge in [0.25, 0.3) is 5.56 Å². The van der Waals surface area contributed by atoms with Gasteiger partial charge in [0.1, 0.15) is 5.75 Å². The van der Waals surface area contributed by atoms with Crippen LogP contribution in [0.5, 0.6) is 5.75 Å². The van der Waals surface area contributed by atoms with Crippen LogP contribution in [0.2, 0.25) is 0 Å². The summed E-state index contributed by atoms with van der Waals surface area (Å²) in [6, 6.07) is 6.03. The fourth-order valence-corrected chi connectivity index (χ4v) is 4.59. The second kappa shape index (κ2) is 6.79. The van der Waals surface area contributed by atoms with E-state index in [0.29, 0.717) is 36.1 Å². The van der Waals surface area contributed by atoms with E-state index in [9.17, 15) is 9.59 Å². The lowest BCUT2D eigenvalue weighted by Crippen LogP contribution is -2.44. The van der Waals surface area contributed by atoms with Gasteiger partial charge in [-0.2, -0.15) is 0 Å². The first kappa shape index (κ1) is 17.1. The number of fused-ring (bicyclic) bond motifs is 2.